The molecule has 1 N–H and O–H groups in total. The second-order valence-corrected chi connectivity index (χ2v) is 5.37. The normalized spacial score (nSPS) is 23.1. The minimum Gasteiger partial charge on any atom is -0.376 e. The minimum absolute atomic E-state index is 0.192. The maximum absolute atomic E-state index is 11.1. The van der Waals surface area contributed by atoms with Crippen molar-refractivity contribution in [1.82, 2.24) is 0 Å². The lowest BCUT2D eigenvalue weighted by atomic mass is 10.0. The molecular formula is C14H20N2O2. The molecule has 2 unspecified atom stereocenters. The molecule has 0 aliphatic heterocycles. The minimum atomic E-state index is -0.297. The molecule has 1 saturated carbocycles. The van der Waals surface area contributed by atoms with Gasteiger partial charge in [-0.15, -0.1) is 0 Å². The maximum atomic E-state index is 11.1. The standard InChI is InChI=1S/C14H20N2O2/c1-9-5-4-6-12(9)15-13-7-10(2)11(3)8-14(13)16(17)18/h7-9,12,15H,4-6H2,1-3H3. The highest BCUT2D eigenvalue weighted by Gasteiger charge is 2.26. The van der Waals surface area contributed by atoms with E-state index >= 15 is 0 Å². The van der Waals surface area contributed by atoms with Gasteiger partial charge in [-0.05, 0) is 49.8 Å². The second kappa shape index (κ2) is 4.96. The first-order chi connectivity index (χ1) is 8.49. The topological polar surface area (TPSA) is 55.2 Å². The molecule has 1 aromatic carbocycles. The van der Waals surface area contributed by atoms with Gasteiger partial charge < -0.3 is 5.32 Å². The summed E-state index contributed by atoms with van der Waals surface area (Å²) >= 11 is 0. The average molecular weight is 248 g/mol. The summed E-state index contributed by atoms with van der Waals surface area (Å²) in [4.78, 5) is 10.8. The van der Waals surface area contributed by atoms with Crippen molar-refractivity contribution in [2.24, 2.45) is 5.92 Å². The Labute approximate surface area is 108 Å². The second-order valence-electron chi connectivity index (χ2n) is 5.37. The lowest BCUT2D eigenvalue weighted by Crippen LogP contribution is -2.22. The van der Waals surface area contributed by atoms with E-state index in [2.05, 4.69) is 12.2 Å². The fourth-order valence-electron chi connectivity index (χ4n) is 2.63. The van der Waals surface area contributed by atoms with E-state index in [4.69, 9.17) is 0 Å². The van der Waals surface area contributed by atoms with Gasteiger partial charge in [0, 0.05) is 12.1 Å². The van der Waals surface area contributed by atoms with Crippen LogP contribution in [0.15, 0.2) is 12.1 Å². The van der Waals surface area contributed by atoms with Crippen LogP contribution in [0.1, 0.15) is 37.3 Å². The predicted octanol–water partition coefficient (Wildman–Crippen LogP) is 3.81. The van der Waals surface area contributed by atoms with Gasteiger partial charge in [0.25, 0.3) is 5.69 Å². The first kappa shape index (κ1) is 12.9. The van der Waals surface area contributed by atoms with Crippen LogP contribution in [0.25, 0.3) is 0 Å². The van der Waals surface area contributed by atoms with Crippen LogP contribution >= 0.6 is 0 Å². The van der Waals surface area contributed by atoms with Gasteiger partial charge in [0.1, 0.15) is 5.69 Å². The number of benzene rings is 1. The number of nitrogens with zero attached hydrogens (tertiary/aromatic N) is 1. The summed E-state index contributed by atoms with van der Waals surface area (Å²) in [5.41, 5.74) is 2.92. The van der Waals surface area contributed by atoms with Gasteiger partial charge in [-0.1, -0.05) is 13.3 Å². The van der Waals surface area contributed by atoms with Gasteiger partial charge in [0.15, 0.2) is 0 Å². The first-order valence-electron chi connectivity index (χ1n) is 6.51. The van der Waals surface area contributed by atoms with Crippen LogP contribution in [0.5, 0.6) is 0 Å². The third-order valence-electron chi connectivity index (χ3n) is 4.01. The van der Waals surface area contributed by atoms with Gasteiger partial charge in [-0.3, -0.25) is 10.1 Å². The van der Waals surface area contributed by atoms with Crippen LogP contribution in [-0.4, -0.2) is 11.0 Å². The molecule has 2 atom stereocenters. The van der Waals surface area contributed by atoms with Crippen LogP contribution in [-0.2, 0) is 0 Å². The molecule has 98 valence electrons. The van der Waals surface area contributed by atoms with Crippen molar-refractivity contribution in [1.29, 1.82) is 0 Å². The zero-order valence-corrected chi connectivity index (χ0v) is 11.2. The van der Waals surface area contributed by atoms with E-state index in [0.717, 1.165) is 17.5 Å². The summed E-state index contributed by atoms with van der Waals surface area (Å²) in [6.45, 7) is 6.10. The lowest BCUT2D eigenvalue weighted by Gasteiger charge is -2.19. The Morgan fingerprint density at radius 3 is 2.50 bits per heavy atom. The van der Waals surface area contributed by atoms with Gasteiger partial charge in [-0.2, -0.15) is 0 Å². The molecule has 1 fully saturated rings. The molecule has 18 heavy (non-hydrogen) atoms. The highest BCUT2D eigenvalue weighted by atomic mass is 16.6. The number of rotatable bonds is 3. The zero-order chi connectivity index (χ0) is 13.3. The van der Waals surface area contributed by atoms with Crippen molar-refractivity contribution >= 4 is 11.4 Å². The van der Waals surface area contributed by atoms with Gasteiger partial charge in [0.05, 0.1) is 4.92 Å². The first-order valence-corrected chi connectivity index (χ1v) is 6.51. The molecule has 0 spiro atoms. The summed E-state index contributed by atoms with van der Waals surface area (Å²) < 4.78 is 0. The van der Waals surface area contributed by atoms with Gasteiger partial charge in [-0.25, -0.2) is 0 Å². The van der Waals surface area contributed by atoms with Crippen LogP contribution in [0.2, 0.25) is 0 Å². The molecule has 0 amide bonds. The number of hydrogen-bond acceptors (Lipinski definition) is 3. The van der Waals surface area contributed by atoms with E-state index in [9.17, 15) is 10.1 Å². The molecule has 4 heteroatoms. The number of nitro benzene ring substituents is 1. The Bertz CT molecular complexity index is 471. The Morgan fingerprint density at radius 2 is 1.94 bits per heavy atom. The number of nitro groups is 1. The molecule has 4 nitrogen and oxygen atoms in total. The summed E-state index contributed by atoms with van der Waals surface area (Å²) in [6.07, 6.45) is 3.51. The number of hydrogen-bond donors (Lipinski definition) is 1. The van der Waals surface area contributed by atoms with Gasteiger partial charge in [0.2, 0.25) is 0 Å². The molecule has 0 aromatic heterocycles. The van der Waals surface area contributed by atoms with Gasteiger partial charge >= 0.3 is 0 Å². The van der Waals surface area contributed by atoms with E-state index in [1.54, 1.807) is 6.07 Å². The third kappa shape index (κ3) is 2.47. The molecule has 0 saturated heterocycles. The van der Waals surface area contributed by atoms with Crippen molar-refractivity contribution in [3.05, 3.63) is 33.4 Å². The Hall–Kier alpha value is -1.58. The molecule has 1 aliphatic carbocycles. The summed E-state index contributed by atoms with van der Waals surface area (Å²) in [5, 5.41) is 14.5. The van der Waals surface area contributed by atoms with Crippen molar-refractivity contribution < 1.29 is 4.92 Å². The fraction of sp³-hybridized carbons (Fsp3) is 0.571. The highest BCUT2D eigenvalue weighted by Crippen LogP contribution is 2.33. The summed E-state index contributed by atoms with van der Waals surface area (Å²) in [6, 6.07) is 3.93. The monoisotopic (exact) mass is 248 g/mol. The van der Waals surface area contributed by atoms with E-state index in [-0.39, 0.29) is 10.6 Å². The van der Waals surface area contributed by atoms with E-state index in [1.807, 2.05) is 19.9 Å². The third-order valence-corrected chi connectivity index (χ3v) is 4.01. The largest absolute Gasteiger partial charge is 0.376 e. The van der Waals surface area contributed by atoms with E-state index in [1.165, 1.54) is 12.8 Å². The maximum Gasteiger partial charge on any atom is 0.292 e. The number of anilines is 1. The predicted molar refractivity (Wildman–Crippen MR) is 73.0 cm³/mol. The van der Waals surface area contributed by atoms with Crippen molar-refractivity contribution in [2.75, 3.05) is 5.32 Å². The van der Waals surface area contributed by atoms with Crippen LogP contribution < -0.4 is 5.32 Å². The number of aryl methyl sites for hydroxylation is 2. The van der Waals surface area contributed by atoms with E-state index in [0.29, 0.717) is 17.6 Å². The average Bonchev–Trinajstić information content (AvgIpc) is 2.69. The zero-order valence-electron chi connectivity index (χ0n) is 11.2. The molecule has 2 rings (SSSR count). The highest BCUT2D eigenvalue weighted by molar-refractivity contribution is 5.65. The number of nitrogens with one attached hydrogen (secondary N) is 1. The Balaban J connectivity index is 2.30. The van der Waals surface area contributed by atoms with Crippen LogP contribution in [0.4, 0.5) is 11.4 Å². The SMILES string of the molecule is Cc1cc(NC2CCCC2C)c([N+](=O)[O-])cc1C. The van der Waals surface area contributed by atoms with Crippen molar-refractivity contribution in [2.45, 2.75) is 46.1 Å². The lowest BCUT2D eigenvalue weighted by molar-refractivity contribution is -0.384. The molecule has 0 radical (unpaired) electrons. The quantitative estimate of drug-likeness (QED) is 0.653. The van der Waals surface area contributed by atoms with Crippen LogP contribution in [0, 0.1) is 29.9 Å². The fourth-order valence-corrected chi connectivity index (χ4v) is 2.63. The molecule has 0 bridgehead atoms. The molecule has 1 aliphatic rings. The summed E-state index contributed by atoms with van der Waals surface area (Å²) in [5.74, 6) is 0.589. The summed E-state index contributed by atoms with van der Waals surface area (Å²) in [7, 11) is 0. The molecular weight excluding hydrogens is 228 g/mol. The van der Waals surface area contributed by atoms with Crippen molar-refractivity contribution in [3.63, 3.8) is 0 Å². The molecule has 1 aromatic rings. The van der Waals surface area contributed by atoms with E-state index < -0.39 is 0 Å². The van der Waals surface area contributed by atoms with Crippen molar-refractivity contribution in [3.8, 4) is 0 Å². The van der Waals surface area contributed by atoms with Crippen LogP contribution in [0.3, 0.4) is 0 Å². The Morgan fingerprint density at radius 1 is 1.28 bits per heavy atom. The Kier molecular flexibility index (Phi) is 3.55. The molecule has 0 heterocycles. The smallest absolute Gasteiger partial charge is 0.292 e.